The molecular weight excluding hydrogens is 1900 g/mol. The Balaban J connectivity index is 0.947. The second-order valence-electron chi connectivity index (χ2n) is 28.3. The van der Waals surface area contributed by atoms with E-state index in [1.54, 1.807) is 0 Å². The summed E-state index contributed by atoms with van der Waals surface area (Å²) < 4.78 is 315. The van der Waals surface area contributed by atoms with Gasteiger partial charge in [-0.05, 0) is 12.1 Å². The highest BCUT2D eigenvalue weighted by Crippen LogP contribution is 2.42. The summed E-state index contributed by atoms with van der Waals surface area (Å²) in [6.07, 6.45) is -107. The molecule has 1 amide bonds. The average Bonchev–Trinajstić information content (AvgIpc) is 0.755. The van der Waals surface area contributed by atoms with Gasteiger partial charge in [-0.3, -0.25) is 37.7 Å². The molecule has 40 atom stereocenters. The van der Waals surface area contributed by atoms with Crippen molar-refractivity contribution in [1.29, 1.82) is 0 Å². The lowest BCUT2D eigenvalue weighted by molar-refractivity contribution is -0.384. The van der Waals surface area contributed by atoms with E-state index in [4.69, 9.17) is 75.8 Å². The van der Waals surface area contributed by atoms with E-state index in [1.165, 1.54) is 19.5 Å². The summed E-state index contributed by atoms with van der Waals surface area (Å²) in [5.74, 6) is -12.6. The molecule has 0 unspecified atom stereocenters. The van der Waals surface area contributed by atoms with Crippen LogP contribution < -0.4 is 24.2 Å². The number of carbonyl (C=O) groups excluding carboxylic acids is 1. The van der Waals surface area contributed by atoms with Crippen LogP contribution in [0.4, 0.5) is 18.9 Å². The van der Waals surface area contributed by atoms with Crippen LogP contribution in [-0.4, -0.2) is 475 Å². The first-order valence-corrected chi connectivity index (χ1v) is 42.7. The van der Waals surface area contributed by atoms with Gasteiger partial charge in [0.1, 0.15) is 164 Å². The third-order valence-corrected chi connectivity index (χ3v) is 22.4. The third-order valence-electron chi connectivity index (χ3n) is 19.8. The molecule has 0 aromatic heterocycles. The third kappa shape index (κ3) is 25.2. The fourth-order valence-electron chi connectivity index (χ4n) is 14.0. The van der Waals surface area contributed by atoms with Gasteiger partial charge < -0.3 is 178 Å². The second-order valence-corrected chi connectivity index (χ2v) is 33.9. The summed E-state index contributed by atoms with van der Waals surface area (Å²) in [5.41, 5.74) is -0.491. The van der Waals surface area contributed by atoms with Crippen LogP contribution in [0.3, 0.4) is 0 Å². The number of aliphatic hydroxyl groups is 15. The zero-order valence-corrected chi connectivity index (χ0v) is 67.0. The van der Waals surface area contributed by atoms with Gasteiger partial charge in [0.25, 0.3) is 5.69 Å². The first-order chi connectivity index (χ1) is 59.1. The van der Waals surface area contributed by atoms with Crippen molar-refractivity contribution in [2.45, 2.75) is 252 Å². The number of nitro benzene ring substituents is 1. The lowest BCUT2D eigenvalue weighted by atomic mass is 9.94. The zero-order valence-electron chi connectivity index (χ0n) is 62.9. The normalized spacial score (nSPS) is 41.4. The highest BCUT2D eigenvalue weighted by atomic mass is 32.3. The molecule has 8 saturated heterocycles. The van der Waals surface area contributed by atoms with Gasteiger partial charge in [-0.1, -0.05) is 0 Å². The minimum atomic E-state index is -6.24. The van der Waals surface area contributed by atoms with Gasteiger partial charge in [-0.15, -0.1) is 0 Å². The first-order valence-electron chi connectivity index (χ1n) is 35.6. The Morgan fingerprint density at radius 1 is 0.359 bits per heavy atom. The summed E-state index contributed by atoms with van der Waals surface area (Å²) in [5, 5.41) is 221. The number of hydrogen-bond donors (Lipinski definition) is 28. The predicted molar refractivity (Wildman–Crippen MR) is 368 cm³/mol. The van der Waals surface area contributed by atoms with Gasteiger partial charge in [0.05, 0.1) is 31.4 Å². The standard InChI is InChI=1S/C56H80F3N5O59S5/c57-56(58,59)55(88)60-15-20(70)19(69)11(5-65)107-47(15)114-33-25(75)27(77)52(119-40(33)44(82)83)111-30-12(6-66)108-49(16(21(30)71)61-124(91,92)93)116-35-28(78)37(122-127(100,101)102)54(120-41(35)45(84)85)113-32-14(8-68)110-50(18(23(32)73)63-126(97,98)99)117-36-29(79)38(123-128(103,104)105)53(121-42(36)46(86)87)112-31-13(7-67)109-48(17(22(31)72)62-125(94,95)96)115-34-24(74)26(76)51(118-39(34)43(80)81)106-10-3-1-9(2-4-10)64(89)90/h1-4,11-42,47-54,61-63,65-79H,5-8H2,(H,60,88)(H,80,81)(H,82,83)(H,84,85)(H,86,87)(H,91,92,93)(H,94,95,96)(H,97,98,99)(H,100,101,102)(H,103,104,105)/t11-,12-,13-,14-,15-,16-,17-,18-,19-,20-,21-,22-,23-,24-,25-,26-,27-,28+,29+,30-,31-,32-,33+,34+,35+,36+,37-,38-,39+,40+,41-,42-,47-,48-,49-,50-,51-,52-,53-,54-/m1/s1. The van der Waals surface area contributed by atoms with Crippen LogP contribution >= 0.6 is 0 Å². The maximum atomic E-state index is 13.4. The molecule has 8 heterocycles. The summed E-state index contributed by atoms with van der Waals surface area (Å²) in [4.78, 5) is 74.1. The summed E-state index contributed by atoms with van der Waals surface area (Å²) in [6.45, 7) is -6.28. The molecule has 72 heteroatoms. The number of amides is 1. The van der Waals surface area contributed by atoms with Crippen LogP contribution in [0.5, 0.6) is 5.75 Å². The van der Waals surface area contributed by atoms with Crippen molar-refractivity contribution in [3.63, 3.8) is 0 Å². The SMILES string of the molecule is O=C(O)[C@H]1O[C@@H](Oc2ccc([N+](=O)[O-])cc2)[C@H](O)[C@@H](O)[C@@H]1O[C@H]1O[C@H](CO)[C@@H](O[C@@H]2O[C@@H](C(=O)O)[C@@H](O[C@H]3O[C@H](CO)[C@@H](O[C@@H]4O[C@@H](C(=O)O)[C@@H](O[C@H]5O[C@H](CO)[C@@H](O[C@@H]6O[C@H](C(=O)O)[C@@H](O[C@H]7O[C@H](CO)[C@@H](O)[C@H](O)[C@H]7NC(=O)C(F)(F)F)[C@H](O)[C@H]6O)[C@H](O)[C@H]5NS(=O)(=O)O)[C@H](O)[C@H]4OS(=O)(=O)O)[C@H](O)[C@H]3NS(=O)(=O)O)[C@H](O)[C@H]2OS(=O)(=O)O)[C@H](O)[C@H]1NS(=O)(=O)O. The van der Waals surface area contributed by atoms with Gasteiger partial charge >= 0.3 is 87.7 Å². The Bertz CT molecular complexity index is 4640. The van der Waals surface area contributed by atoms with Gasteiger partial charge in [0, 0.05) is 12.1 Å². The van der Waals surface area contributed by atoms with E-state index in [9.17, 15) is 209 Å². The Morgan fingerprint density at radius 3 is 0.938 bits per heavy atom. The van der Waals surface area contributed by atoms with Gasteiger partial charge in [-0.2, -0.15) is 69.4 Å². The molecule has 8 fully saturated rings. The first kappa shape index (κ1) is 105. The average molecular weight is 1980 g/mol. The number of benzene rings is 1. The largest absolute Gasteiger partial charge is 0.479 e. The fraction of sp³-hybridized carbons (Fsp3) is 0.804. The Morgan fingerprint density at radius 2 is 0.641 bits per heavy atom. The Labute approximate surface area is 710 Å². The number of halogens is 3. The number of nitrogens with zero attached hydrogens (tertiary/aromatic N) is 1. The lowest BCUT2D eigenvalue weighted by Crippen LogP contribution is -2.71. The van der Waals surface area contributed by atoms with Crippen LogP contribution in [0.2, 0.25) is 0 Å². The molecule has 0 spiro atoms. The van der Waals surface area contributed by atoms with E-state index in [1.807, 2.05) is 0 Å². The molecule has 64 nitrogen and oxygen atoms in total. The van der Waals surface area contributed by atoms with Crippen LogP contribution in [0, 0.1) is 10.1 Å². The number of aliphatic carboxylic acids is 4. The number of carboxylic acids is 4. The number of non-ortho nitro benzene ring substituents is 1. The molecule has 8 aliphatic heterocycles. The number of nitrogens with one attached hydrogen (secondary N) is 4. The molecule has 28 N–H and O–H groups in total. The van der Waals surface area contributed by atoms with Crippen LogP contribution in [0.1, 0.15) is 0 Å². The van der Waals surface area contributed by atoms with E-state index in [2.05, 4.69) is 8.37 Å². The van der Waals surface area contributed by atoms with E-state index in [0.717, 1.165) is 24.3 Å². The van der Waals surface area contributed by atoms with Crippen molar-refractivity contribution in [3.05, 3.63) is 34.4 Å². The lowest BCUT2D eigenvalue weighted by Gasteiger charge is -2.50. The monoisotopic (exact) mass is 1980 g/mol. The molecule has 734 valence electrons. The molecule has 0 aliphatic carbocycles. The van der Waals surface area contributed by atoms with Crippen molar-refractivity contribution < 1.29 is 288 Å². The van der Waals surface area contributed by atoms with Crippen molar-refractivity contribution in [2.75, 3.05) is 26.4 Å². The second kappa shape index (κ2) is 41.7. The molecule has 0 saturated carbocycles. The molecule has 9 rings (SSSR count). The van der Waals surface area contributed by atoms with Gasteiger partial charge in [-0.25, -0.2) is 27.5 Å². The van der Waals surface area contributed by atoms with E-state index in [0.29, 0.717) is 0 Å². The summed E-state index contributed by atoms with van der Waals surface area (Å²) >= 11 is 0. The Hall–Kier alpha value is -6.29. The van der Waals surface area contributed by atoms with E-state index in [-0.39, 0.29) is 5.75 Å². The molecular formula is C56H80F3N5O59S5. The van der Waals surface area contributed by atoms with Crippen LogP contribution in [0.15, 0.2) is 24.3 Å². The number of carboxylic acid groups (broad SMARTS) is 4. The number of nitro groups is 1. The number of alkyl halides is 3. The van der Waals surface area contributed by atoms with Crippen molar-refractivity contribution in [1.82, 2.24) is 19.5 Å². The molecule has 1 aromatic rings. The van der Waals surface area contributed by atoms with Crippen molar-refractivity contribution in [2.24, 2.45) is 0 Å². The number of aliphatic hydroxyl groups excluding tert-OH is 15. The van der Waals surface area contributed by atoms with Gasteiger partial charge in [0.2, 0.25) is 6.29 Å². The highest BCUT2D eigenvalue weighted by molar-refractivity contribution is 7.84. The van der Waals surface area contributed by atoms with Crippen LogP contribution in [-0.2, 0) is 155 Å². The predicted octanol–water partition coefficient (Wildman–Crippen LogP) is -17.5. The molecule has 0 radical (unpaired) electrons. The molecule has 128 heavy (non-hydrogen) atoms. The van der Waals surface area contributed by atoms with Gasteiger partial charge in [0.15, 0.2) is 80.7 Å². The number of carbonyl (C=O) groups is 5. The number of hydrogen-bond acceptors (Lipinski definition) is 50. The zero-order chi connectivity index (χ0) is 95.9. The van der Waals surface area contributed by atoms with E-state index < -0.39 is 370 Å². The fourth-order valence-corrected chi connectivity index (χ4v) is 16.8. The molecule has 1 aromatic carbocycles. The van der Waals surface area contributed by atoms with E-state index >= 15 is 0 Å². The summed E-state index contributed by atoms with van der Waals surface area (Å²) in [6, 6.07) is -7.59. The summed E-state index contributed by atoms with van der Waals surface area (Å²) in [7, 11) is -30.2. The highest BCUT2D eigenvalue weighted by Gasteiger charge is 2.64. The maximum absolute atomic E-state index is 13.4. The number of ether oxygens (including phenoxy) is 16. The Kier molecular flexibility index (Phi) is 34.3. The number of rotatable bonds is 36. The maximum Gasteiger partial charge on any atom is 0.471 e. The molecule has 0 bridgehead atoms. The minimum absolute atomic E-state index is 0.355. The minimum Gasteiger partial charge on any atom is -0.479 e. The molecule has 8 aliphatic rings. The topological polar surface area (TPSA) is 999 Å². The smallest absolute Gasteiger partial charge is 0.471 e. The van der Waals surface area contributed by atoms with Crippen molar-refractivity contribution >= 4 is 87.2 Å². The quantitative estimate of drug-likeness (QED) is 0.0169. The van der Waals surface area contributed by atoms with Crippen molar-refractivity contribution in [3.8, 4) is 5.75 Å². The van der Waals surface area contributed by atoms with Crippen LogP contribution in [0.25, 0.3) is 0 Å².